The summed E-state index contributed by atoms with van der Waals surface area (Å²) in [6, 6.07) is 9.53. The Hall–Kier alpha value is -2.06. The van der Waals surface area contributed by atoms with Gasteiger partial charge in [-0.15, -0.1) is 0 Å². The lowest BCUT2D eigenvalue weighted by atomic mass is 9.80. The van der Waals surface area contributed by atoms with Gasteiger partial charge in [-0.2, -0.15) is 5.26 Å². The first-order chi connectivity index (χ1) is 11.1. The van der Waals surface area contributed by atoms with E-state index in [1.165, 1.54) is 0 Å². The minimum Gasteiger partial charge on any atom is -0.335 e. The topological polar surface area (TPSA) is 68.2 Å². The lowest BCUT2D eigenvalue weighted by molar-refractivity contribution is 0.140. The largest absolute Gasteiger partial charge is 0.335 e. The normalized spacial score (nSPS) is 19.3. The van der Waals surface area contributed by atoms with Crippen LogP contribution >= 0.6 is 0 Å². The molecule has 1 aliphatic heterocycles. The number of carbonyl (C=O) groups is 1. The highest BCUT2D eigenvalue weighted by Crippen LogP contribution is 2.28. The smallest absolute Gasteiger partial charge is 0.317 e. The van der Waals surface area contributed by atoms with Gasteiger partial charge in [0.25, 0.3) is 0 Å². The molecule has 0 spiro atoms. The van der Waals surface area contributed by atoms with Gasteiger partial charge >= 0.3 is 6.03 Å². The summed E-state index contributed by atoms with van der Waals surface area (Å²) in [5.41, 5.74) is 1.65. The average molecular weight is 328 g/mol. The SMILES string of the molecule is CN(Cc1ccc(C#N)cc1)C(=O)NC1CC(C)(C)NC(C)(C)C1. The minimum atomic E-state index is -0.0575. The van der Waals surface area contributed by atoms with Crippen LogP contribution in [0, 0.1) is 11.3 Å². The van der Waals surface area contributed by atoms with Crippen molar-refractivity contribution in [1.82, 2.24) is 15.5 Å². The second-order valence-corrected chi connectivity index (χ2v) is 8.11. The van der Waals surface area contributed by atoms with Gasteiger partial charge in [0.15, 0.2) is 0 Å². The molecule has 0 atom stereocenters. The third-order valence-electron chi connectivity index (χ3n) is 4.37. The molecule has 0 aliphatic carbocycles. The Morgan fingerprint density at radius 3 is 2.29 bits per heavy atom. The van der Waals surface area contributed by atoms with Crippen molar-refractivity contribution in [2.75, 3.05) is 7.05 Å². The molecule has 0 aromatic heterocycles. The van der Waals surface area contributed by atoms with E-state index in [1.807, 2.05) is 12.1 Å². The minimum absolute atomic E-state index is 0.00535. The molecule has 1 aromatic carbocycles. The lowest BCUT2D eigenvalue weighted by Gasteiger charge is -2.46. The molecular weight excluding hydrogens is 300 g/mol. The molecule has 2 amide bonds. The van der Waals surface area contributed by atoms with Gasteiger partial charge in [-0.1, -0.05) is 12.1 Å². The molecule has 24 heavy (non-hydrogen) atoms. The Kier molecular flexibility index (Phi) is 5.19. The molecule has 1 heterocycles. The number of piperidine rings is 1. The van der Waals surface area contributed by atoms with Gasteiger partial charge in [-0.3, -0.25) is 0 Å². The van der Waals surface area contributed by atoms with Gasteiger partial charge < -0.3 is 15.5 Å². The number of carbonyl (C=O) groups excluding carboxylic acids is 1. The third-order valence-corrected chi connectivity index (χ3v) is 4.37. The fourth-order valence-electron chi connectivity index (χ4n) is 3.74. The Bertz CT molecular complexity index is 612. The van der Waals surface area contributed by atoms with Crippen molar-refractivity contribution in [1.29, 1.82) is 5.26 Å². The van der Waals surface area contributed by atoms with Crippen LogP contribution in [0.15, 0.2) is 24.3 Å². The van der Waals surface area contributed by atoms with E-state index in [1.54, 1.807) is 24.1 Å². The predicted molar refractivity (Wildman–Crippen MR) is 95.5 cm³/mol. The summed E-state index contributed by atoms with van der Waals surface area (Å²) in [4.78, 5) is 14.2. The Balaban J connectivity index is 1.94. The number of benzene rings is 1. The van der Waals surface area contributed by atoms with Crippen molar-refractivity contribution in [2.45, 2.75) is 64.2 Å². The summed E-state index contributed by atoms with van der Waals surface area (Å²) in [5, 5.41) is 15.6. The van der Waals surface area contributed by atoms with Gasteiger partial charge in [0.2, 0.25) is 0 Å². The fraction of sp³-hybridized carbons (Fsp3) is 0.579. The zero-order chi connectivity index (χ0) is 18.0. The predicted octanol–water partition coefficient (Wildman–Crippen LogP) is 3.01. The van der Waals surface area contributed by atoms with Crippen LogP contribution in [0.3, 0.4) is 0 Å². The van der Waals surface area contributed by atoms with Crippen molar-refractivity contribution in [3.8, 4) is 6.07 Å². The molecular formula is C19H28N4O. The summed E-state index contributed by atoms with van der Waals surface area (Å²) < 4.78 is 0. The van der Waals surface area contributed by atoms with Crippen LogP contribution in [0.5, 0.6) is 0 Å². The number of urea groups is 1. The van der Waals surface area contributed by atoms with E-state index >= 15 is 0 Å². The van der Waals surface area contributed by atoms with E-state index in [9.17, 15) is 4.79 Å². The molecule has 0 bridgehead atoms. The third kappa shape index (κ3) is 4.97. The molecule has 0 saturated carbocycles. The molecule has 5 heteroatoms. The van der Waals surface area contributed by atoms with E-state index < -0.39 is 0 Å². The molecule has 0 radical (unpaired) electrons. The zero-order valence-electron chi connectivity index (χ0n) is 15.3. The zero-order valence-corrected chi connectivity index (χ0v) is 15.3. The van der Waals surface area contributed by atoms with E-state index in [2.05, 4.69) is 44.4 Å². The number of hydrogen-bond acceptors (Lipinski definition) is 3. The van der Waals surface area contributed by atoms with Crippen LogP contribution in [0.25, 0.3) is 0 Å². The number of amides is 2. The first-order valence-corrected chi connectivity index (χ1v) is 8.40. The molecule has 1 saturated heterocycles. The first kappa shape index (κ1) is 18.3. The highest BCUT2D eigenvalue weighted by Gasteiger charge is 2.38. The molecule has 130 valence electrons. The van der Waals surface area contributed by atoms with E-state index in [0.717, 1.165) is 18.4 Å². The Morgan fingerprint density at radius 1 is 1.25 bits per heavy atom. The summed E-state index contributed by atoms with van der Waals surface area (Å²) in [5.74, 6) is 0. The summed E-state index contributed by atoms with van der Waals surface area (Å²) in [6.45, 7) is 9.22. The molecule has 0 unspecified atom stereocenters. The van der Waals surface area contributed by atoms with Crippen molar-refractivity contribution in [3.05, 3.63) is 35.4 Å². The van der Waals surface area contributed by atoms with Gasteiger partial charge in [-0.25, -0.2) is 4.79 Å². The van der Waals surface area contributed by atoms with Crippen LogP contribution in [-0.2, 0) is 6.54 Å². The molecule has 2 rings (SSSR count). The van der Waals surface area contributed by atoms with E-state index in [4.69, 9.17) is 5.26 Å². The van der Waals surface area contributed by atoms with Crippen LogP contribution in [0.1, 0.15) is 51.7 Å². The van der Waals surface area contributed by atoms with Gasteiger partial charge in [0.1, 0.15) is 0 Å². The fourth-order valence-corrected chi connectivity index (χ4v) is 3.74. The lowest BCUT2D eigenvalue weighted by Crippen LogP contribution is -2.62. The molecule has 2 N–H and O–H groups in total. The Labute approximate surface area is 145 Å². The molecule has 5 nitrogen and oxygen atoms in total. The first-order valence-electron chi connectivity index (χ1n) is 8.40. The second-order valence-electron chi connectivity index (χ2n) is 8.11. The maximum Gasteiger partial charge on any atom is 0.317 e. The number of nitrogens with one attached hydrogen (secondary N) is 2. The number of nitriles is 1. The van der Waals surface area contributed by atoms with Crippen molar-refractivity contribution < 1.29 is 4.79 Å². The van der Waals surface area contributed by atoms with Crippen LogP contribution in [0.4, 0.5) is 4.79 Å². The van der Waals surface area contributed by atoms with Crippen molar-refractivity contribution >= 4 is 6.03 Å². The van der Waals surface area contributed by atoms with Crippen LogP contribution in [0.2, 0.25) is 0 Å². The summed E-state index contributed by atoms with van der Waals surface area (Å²) in [7, 11) is 1.80. The van der Waals surface area contributed by atoms with Gasteiger partial charge in [0.05, 0.1) is 11.6 Å². The van der Waals surface area contributed by atoms with E-state index in [-0.39, 0.29) is 23.2 Å². The van der Waals surface area contributed by atoms with Crippen LogP contribution in [-0.4, -0.2) is 35.1 Å². The quantitative estimate of drug-likeness (QED) is 0.896. The van der Waals surface area contributed by atoms with Crippen molar-refractivity contribution in [3.63, 3.8) is 0 Å². The number of hydrogen-bond donors (Lipinski definition) is 2. The standard InChI is InChI=1S/C19H28N4O/c1-18(2)10-16(11-19(3,4)22-18)21-17(24)23(5)13-15-8-6-14(12-20)7-9-15/h6-9,16,22H,10-11,13H2,1-5H3,(H,21,24). The van der Waals surface area contributed by atoms with Gasteiger partial charge in [-0.05, 0) is 58.2 Å². The molecule has 1 aromatic rings. The molecule has 1 fully saturated rings. The maximum atomic E-state index is 12.5. The van der Waals surface area contributed by atoms with Crippen molar-refractivity contribution in [2.24, 2.45) is 0 Å². The molecule has 1 aliphatic rings. The number of nitrogens with zero attached hydrogens (tertiary/aromatic N) is 2. The Morgan fingerprint density at radius 2 is 1.79 bits per heavy atom. The number of rotatable bonds is 3. The highest BCUT2D eigenvalue weighted by molar-refractivity contribution is 5.74. The van der Waals surface area contributed by atoms with Gasteiger partial charge in [0, 0.05) is 30.7 Å². The van der Waals surface area contributed by atoms with E-state index in [0.29, 0.717) is 12.1 Å². The maximum absolute atomic E-state index is 12.5. The average Bonchev–Trinajstić information content (AvgIpc) is 2.44. The summed E-state index contributed by atoms with van der Waals surface area (Å²) in [6.07, 6.45) is 1.82. The summed E-state index contributed by atoms with van der Waals surface area (Å²) >= 11 is 0. The van der Waals surface area contributed by atoms with Crippen LogP contribution < -0.4 is 10.6 Å². The highest BCUT2D eigenvalue weighted by atomic mass is 16.2. The monoisotopic (exact) mass is 328 g/mol. The second kappa shape index (κ2) is 6.82.